The van der Waals surface area contributed by atoms with E-state index in [-0.39, 0.29) is 18.4 Å². The fourth-order valence-corrected chi connectivity index (χ4v) is 3.12. The van der Waals surface area contributed by atoms with Crippen LogP contribution in [0.5, 0.6) is 5.75 Å². The first-order valence-corrected chi connectivity index (χ1v) is 9.89. The zero-order valence-corrected chi connectivity index (χ0v) is 17.5. The Morgan fingerprint density at radius 2 is 1.76 bits per heavy atom. The van der Waals surface area contributed by atoms with E-state index in [1.165, 1.54) is 0 Å². The van der Waals surface area contributed by atoms with Crippen LogP contribution in [0.25, 0.3) is 5.57 Å². The number of ether oxygens (including phenoxy) is 1. The number of hydrogen-bond acceptors (Lipinski definition) is 3. The molecule has 0 aromatic heterocycles. The van der Waals surface area contributed by atoms with Crippen LogP contribution in [0, 0.1) is 0 Å². The van der Waals surface area contributed by atoms with E-state index in [0.29, 0.717) is 24.4 Å². The second kappa shape index (κ2) is 10.5. The molecule has 0 aliphatic rings. The second-order valence-corrected chi connectivity index (χ2v) is 6.90. The predicted molar refractivity (Wildman–Crippen MR) is 115 cm³/mol. The van der Waals surface area contributed by atoms with Gasteiger partial charge in [0, 0.05) is 24.7 Å². The first kappa shape index (κ1) is 22.2. The molecule has 1 N–H and O–H groups in total. The van der Waals surface area contributed by atoms with E-state index in [9.17, 15) is 14.7 Å². The average Bonchev–Trinajstić information content (AvgIpc) is 2.70. The molecule has 29 heavy (non-hydrogen) atoms. The Labute approximate surface area is 172 Å². The highest BCUT2D eigenvalue weighted by Crippen LogP contribution is 2.29. The van der Waals surface area contributed by atoms with Gasteiger partial charge in [-0.25, -0.2) is 0 Å². The number of aliphatic carboxylic acids is 1. The van der Waals surface area contributed by atoms with Gasteiger partial charge in [-0.3, -0.25) is 9.59 Å². The lowest BCUT2D eigenvalue weighted by Gasteiger charge is -2.19. The monoisotopic (exact) mass is 395 g/mol. The minimum absolute atomic E-state index is 0.0506. The molecule has 0 saturated carbocycles. The molecule has 0 aliphatic heterocycles. The molecule has 1 amide bonds. The van der Waals surface area contributed by atoms with Crippen molar-refractivity contribution in [1.29, 1.82) is 0 Å². The van der Waals surface area contributed by atoms with E-state index >= 15 is 0 Å². The fraction of sp³-hybridized carbons (Fsp3) is 0.333. The lowest BCUT2D eigenvalue weighted by atomic mass is 10.0. The summed E-state index contributed by atoms with van der Waals surface area (Å²) in [5, 5.41) is 9.32. The number of hydrogen-bond donors (Lipinski definition) is 1. The van der Waals surface area contributed by atoms with Crippen LogP contribution in [-0.4, -0.2) is 35.0 Å². The van der Waals surface area contributed by atoms with Crippen molar-refractivity contribution < 1.29 is 19.4 Å². The minimum Gasteiger partial charge on any atom is -0.486 e. The van der Waals surface area contributed by atoms with Gasteiger partial charge in [0.05, 0.1) is 6.42 Å². The quantitative estimate of drug-likeness (QED) is 0.624. The average molecular weight is 395 g/mol. The van der Waals surface area contributed by atoms with Gasteiger partial charge in [0.25, 0.3) is 0 Å². The zero-order valence-electron chi connectivity index (χ0n) is 17.5. The summed E-state index contributed by atoms with van der Waals surface area (Å²) in [6.07, 6.45) is 1.23. The van der Waals surface area contributed by atoms with Gasteiger partial charge in [-0.2, -0.15) is 0 Å². The van der Waals surface area contributed by atoms with Gasteiger partial charge >= 0.3 is 5.97 Å². The highest BCUT2D eigenvalue weighted by Gasteiger charge is 2.15. The van der Waals surface area contributed by atoms with Gasteiger partial charge in [0.1, 0.15) is 11.9 Å². The Kier molecular flexibility index (Phi) is 8.01. The Bertz CT molecular complexity index is 870. The standard InChI is InChI=1S/C24H29NO4/c1-5-25(6-2)23(26)14-17(3)20-12-13-22(21(15-20)16-24(27)28)29-18(4)19-10-8-7-9-11-19/h7-15,18H,5-6,16H2,1-4H3,(H,27,28)/b17-14+. The van der Waals surface area contributed by atoms with E-state index in [4.69, 9.17) is 4.74 Å². The van der Waals surface area contributed by atoms with Gasteiger partial charge in [0.15, 0.2) is 0 Å². The van der Waals surface area contributed by atoms with Crippen LogP contribution in [0.2, 0.25) is 0 Å². The number of rotatable bonds is 9. The summed E-state index contributed by atoms with van der Waals surface area (Å²) in [4.78, 5) is 25.5. The third-order valence-electron chi connectivity index (χ3n) is 4.85. The molecule has 0 aliphatic carbocycles. The fourth-order valence-electron chi connectivity index (χ4n) is 3.12. The van der Waals surface area contributed by atoms with Crippen LogP contribution in [-0.2, 0) is 16.0 Å². The van der Waals surface area contributed by atoms with Crippen LogP contribution in [0.4, 0.5) is 0 Å². The van der Waals surface area contributed by atoms with Gasteiger partial charge < -0.3 is 14.7 Å². The number of likely N-dealkylation sites (N-methyl/N-ethyl adjacent to an activating group) is 1. The normalized spacial score (nSPS) is 12.3. The van der Waals surface area contributed by atoms with Gasteiger partial charge in [-0.05, 0) is 56.5 Å². The molecule has 0 bridgehead atoms. The molecule has 2 aromatic rings. The number of carboxylic acid groups (broad SMARTS) is 1. The molecular formula is C24H29NO4. The molecule has 0 saturated heterocycles. The Balaban J connectivity index is 2.31. The summed E-state index contributed by atoms with van der Waals surface area (Å²) in [7, 11) is 0. The van der Waals surface area contributed by atoms with Crippen LogP contribution in [0.1, 0.15) is 50.5 Å². The molecule has 0 radical (unpaired) electrons. The van der Waals surface area contributed by atoms with E-state index in [0.717, 1.165) is 16.7 Å². The SMILES string of the molecule is CCN(CC)C(=O)/C=C(\C)c1ccc(OC(C)c2ccccc2)c(CC(=O)O)c1. The maximum absolute atomic E-state index is 12.4. The maximum atomic E-state index is 12.4. The first-order valence-electron chi connectivity index (χ1n) is 9.89. The number of benzene rings is 2. The molecule has 0 heterocycles. The topological polar surface area (TPSA) is 66.8 Å². The maximum Gasteiger partial charge on any atom is 0.307 e. The van der Waals surface area contributed by atoms with Crippen molar-refractivity contribution in [3.63, 3.8) is 0 Å². The zero-order chi connectivity index (χ0) is 21.4. The van der Waals surface area contributed by atoms with Crippen molar-refractivity contribution in [2.45, 2.75) is 40.2 Å². The molecule has 5 heteroatoms. The van der Waals surface area contributed by atoms with Crippen molar-refractivity contribution in [2.75, 3.05) is 13.1 Å². The molecule has 0 spiro atoms. The molecule has 154 valence electrons. The van der Waals surface area contributed by atoms with Crippen molar-refractivity contribution >= 4 is 17.4 Å². The summed E-state index contributed by atoms with van der Waals surface area (Å²) in [6.45, 7) is 8.96. The van der Waals surface area contributed by atoms with E-state index < -0.39 is 5.97 Å². The Morgan fingerprint density at radius 3 is 2.34 bits per heavy atom. The van der Waals surface area contributed by atoms with E-state index in [1.807, 2.05) is 64.1 Å². The molecule has 0 fully saturated rings. The smallest absolute Gasteiger partial charge is 0.307 e. The van der Waals surface area contributed by atoms with Gasteiger partial charge in [-0.15, -0.1) is 0 Å². The number of allylic oxidation sites excluding steroid dienone is 1. The predicted octanol–water partition coefficient (Wildman–Crippen LogP) is 4.73. The summed E-state index contributed by atoms with van der Waals surface area (Å²) < 4.78 is 6.06. The van der Waals surface area contributed by atoms with Gasteiger partial charge in [-0.1, -0.05) is 36.4 Å². The van der Waals surface area contributed by atoms with Crippen molar-refractivity contribution in [3.05, 3.63) is 71.3 Å². The van der Waals surface area contributed by atoms with Crippen LogP contribution in [0.3, 0.4) is 0 Å². The highest BCUT2D eigenvalue weighted by atomic mass is 16.5. The number of carbonyl (C=O) groups excluding carboxylic acids is 1. The van der Waals surface area contributed by atoms with Crippen molar-refractivity contribution in [2.24, 2.45) is 0 Å². The Morgan fingerprint density at radius 1 is 1.10 bits per heavy atom. The van der Waals surface area contributed by atoms with Crippen LogP contribution < -0.4 is 4.74 Å². The second-order valence-electron chi connectivity index (χ2n) is 6.90. The molecule has 1 unspecified atom stereocenters. The third-order valence-corrected chi connectivity index (χ3v) is 4.85. The summed E-state index contributed by atoms with van der Waals surface area (Å²) >= 11 is 0. The number of carboxylic acids is 1. The summed E-state index contributed by atoms with van der Waals surface area (Å²) in [5.41, 5.74) is 3.19. The molecule has 5 nitrogen and oxygen atoms in total. The first-order chi connectivity index (χ1) is 13.8. The summed E-state index contributed by atoms with van der Waals surface area (Å²) in [6, 6.07) is 15.2. The Hall–Kier alpha value is -3.08. The number of nitrogens with zero attached hydrogens (tertiary/aromatic N) is 1. The lowest BCUT2D eigenvalue weighted by Crippen LogP contribution is -2.28. The van der Waals surface area contributed by atoms with Crippen molar-refractivity contribution in [1.82, 2.24) is 4.90 Å². The minimum atomic E-state index is -0.930. The van der Waals surface area contributed by atoms with E-state index in [1.54, 1.807) is 23.1 Å². The molecule has 2 aromatic carbocycles. The van der Waals surface area contributed by atoms with Crippen molar-refractivity contribution in [3.8, 4) is 5.75 Å². The highest BCUT2D eigenvalue weighted by molar-refractivity contribution is 5.95. The number of amides is 1. The molecule has 2 rings (SSSR count). The lowest BCUT2D eigenvalue weighted by molar-refractivity contribution is -0.136. The van der Waals surface area contributed by atoms with Crippen LogP contribution in [0.15, 0.2) is 54.6 Å². The van der Waals surface area contributed by atoms with E-state index in [2.05, 4.69) is 0 Å². The molecular weight excluding hydrogens is 366 g/mol. The largest absolute Gasteiger partial charge is 0.486 e. The van der Waals surface area contributed by atoms with Gasteiger partial charge in [0.2, 0.25) is 5.91 Å². The third kappa shape index (κ3) is 6.21. The summed E-state index contributed by atoms with van der Waals surface area (Å²) in [5.74, 6) is -0.444. The number of carbonyl (C=O) groups is 2. The van der Waals surface area contributed by atoms with Crippen LogP contribution >= 0.6 is 0 Å². The molecule has 1 atom stereocenters.